The molecule has 1 amide bonds. The molecule has 0 saturated carbocycles. The number of hydrazine groups is 1. The average Bonchev–Trinajstić information content (AvgIpc) is 2.51. The summed E-state index contributed by atoms with van der Waals surface area (Å²) in [5.74, 6) is 4.95. The predicted octanol–water partition coefficient (Wildman–Crippen LogP) is 4.93. The first-order valence-electron chi connectivity index (χ1n) is 6.58. The molecule has 0 aliphatic carbocycles. The van der Waals surface area contributed by atoms with Crippen molar-refractivity contribution >= 4 is 40.9 Å². The van der Waals surface area contributed by atoms with E-state index in [0.717, 1.165) is 5.56 Å². The summed E-state index contributed by atoms with van der Waals surface area (Å²) in [5.41, 5.74) is -0.472. The Kier molecular flexibility index (Phi) is 5.54. The van der Waals surface area contributed by atoms with E-state index in [1.165, 1.54) is 12.2 Å². The molecule has 2 aromatic rings. The van der Waals surface area contributed by atoms with Gasteiger partial charge in [-0.3, -0.25) is 4.79 Å². The number of amides is 1. The van der Waals surface area contributed by atoms with Crippen molar-refractivity contribution in [3.63, 3.8) is 0 Å². The fourth-order valence-corrected chi connectivity index (χ4v) is 2.55. The number of nitrogens with two attached hydrogens (primary N) is 1. The van der Waals surface area contributed by atoms with E-state index in [-0.39, 0.29) is 15.7 Å². The molecule has 0 bridgehead atoms. The van der Waals surface area contributed by atoms with Crippen LogP contribution < -0.4 is 10.9 Å². The molecule has 0 fully saturated rings. The van der Waals surface area contributed by atoms with Crippen LogP contribution in [0.3, 0.4) is 0 Å². The van der Waals surface area contributed by atoms with E-state index in [1.807, 2.05) is 6.07 Å². The molecule has 0 radical (unpaired) electrons. The predicted molar refractivity (Wildman–Crippen MR) is 88.6 cm³/mol. The van der Waals surface area contributed by atoms with Crippen molar-refractivity contribution in [2.24, 2.45) is 5.84 Å². The van der Waals surface area contributed by atoms with Crippen molar-refractivity contribution < 1.29 is 18.0 Å². The van der Waals surface area contributed by atoms with Gasteiger partial charge in [-0.25, -0.2) is 10.9 Å². The summed E-state index contributed by atoms with van der Waals surface area (Å²) in [5, 5.41) is -0.151. The zero-order valence-corrected chi connectivity index (χ0v) is 13.5. The normalized spacial score (nSPS) is 11.8. The van der Waals surface area contributed by atoms with Crippen molar-refractivity contribution in [2.45, 2.75) is 6.18 Å². The molecule has 0 atom stereocenters. The molecule has 0 spiro atoms. The summed E-state index contributed by atoms with van der Waals surface area (Å²) >= 11 is 11.6. The van der Waals surface area contributed by atoms with E-state index >= 15 is 0 Å². The van der Waals surface area contributed by atoms with E-state index < -0.39 is 17.6 Å². The van der Waals surface area contributed by atoms with Gasteiger partial charge in [-0.1, -0.05) is 53.5 Å². The first-order chi connectivity index (χ1) is 11.2. The fourth-order valence-electron chi connectivity index (χ4n) is 1.88. The SMILES string of the molecule is NN(C(=O)C=Cc1ccccc1)c1c(Cl)cc(C(F)(F)F)cc1Cl. The Labute approximate surface area is 146 Å². The Morgan fingerprint density at radius 2 is 1.62 bits per heavy atom. The maximum Gasteiger partial charge on any atom is 0.416 e. The molecular weight excluding hydrogens is 364 g/mol. The highest BCUT2D eigenvalue weighted by molar-refractivity contribution is 6.40. The summed E-state index contributed by atoms with van der Waals surface area (Å²) in [4.78, 5) is 12.1. The minimum absolute atomic E-state index is 0.200. The Hall–Kier alpha value is -2.02. The van der Waals surface area contributed by atoms with Gasteiger partial charge in [-0.2, -0.15) is 13.2 Å². The van der Waals surface area contributed by atoms with Gasteiger partial charge in [-0.05, 0) is 23.8 Å². The number of carbonyl (C=O) groups excluding carboxylic acids is 1. The standard InChI is InChI=1S/C16H11Cl2F3N2O/c17-12-8-11(16(19,20)21)9-13(18)15(12)23(22)14(24)7-6-10-4-2-1-3-5-10/h1-9H,22H2. The Bertz CT molecular complexity index is 754. The Morgan fingerprint density at radius 3 is 2.12 bits per heavy atom. The van der Waals surface area contributed by atoms with Crippen LogP contribution in [0, 0.1) is 0 Å². The van der Waals surface area contributed by atoms with Gasteiger partial charge in [0.1, 0.15) is 0 Å². The van der Waals surface area contributed by atoms with Crippen LogP contribution >= 0.6 is 23.2 Å². The second-order valence-corrected chi connectivity index (χ2v) is 5.55. The number of rotatable bonds is 3. The monoisotopic (exact) mass is 374 g/mol. The lowest BCUT2D eigenvalue weighted by Gasteiger charge is -2.19. The van der Waals surface area contributed by atoms with E-state index in [0.29, 0.717) is 17.1 Å². The minimum atomic E-state index is -4.61. The highest BCUT2D eigenvalue weighted by Gasteiger charge is 2.32. The number of carbonyl (C=O) groups is 1. The molecule has 2 N–H and O–H groups in total. The van der Waals surface area contributed by atoms with Crippen LogP contribution in [-0.2, 0) is 11.0 Å². The molecule has 0 saturated heterocycles. The third kappa shape index (κ3) is 4.29. The van der Waals surface area contributed by atoms with Crippen LogP contribution in [0.2, 0.25) is 10.0 Å². The number of anilines is 1. The van der Waals surface area contributed by atoms with Crippen LogP contribution in [0.5, 0.6) is 0 Å². The molecular formula is C16H11Cl2F3N2O. The van der Waals surface area contributed by atoms with Gasteiger partial charge in [0.2, 0.25) is 0 Å². The smallest absolute Gasteiger partial charge is 0.268 e. The number of benzene rings is 2. The lowest BCUT2D eigenvalue weighted by Crippen LogP contribution is -2.36. The first-order valence-corrected chi connectivity index (χ1v) is 7.34. The van der Waals surface area contributed by atoms with Gasteiger partial charge in [0, 0.05) is 6.08 Å². The van der Waals surface area contributed by atoms with Crippen LogP contribution in [0.25, 0.3) is 6.08 Å². The number of alkyl halides is 3. The highest BCUT2D eigenvalue weighted by atomic mass is 35.5. The van der Waals surface area contributed by atoms with E-state index in [1.54, 1.807) is 24.3 Å². The van der Waals surface area contributed by atoms with Gasteiger partial charge in [0.15, 0.2) is 0 Å². The Balaban J connectivity index is 2.28. The first kappa shape index (κ1) is 18.3. The van der Waals surface area contributed by atoms with Crippen LogP contribution in [0.1, 0.15) is 11.1 Å². The van der Waals surface area contributed by atoms with E-state index in [9.17, 15) is 18.0 Å². The summed E-state index contributed by atoms with van der Waals surface area (Å²) < 4.78 is 38.1. The topological polar surface area (TPSA) is 46.3 Å². The third-order valence-electron chi connectivity index (χ3n) is 3.04. The molecule has 0 aromatic heterocycles. The van der Waals surface area contributed by atoms with Gasteiger partial charge in [-0.15, -0.1) is 0 Å². The highest BCUT2D eigenvalue weighted by Crippen LogP contribution is 2.39. The number of nitrogens with zero attached hydrogens (tertiary/aromatic N) is 1. The molecule has 2 aromatic carbocycles. The lowest BCUT2D eigenvalue weighted by atomic mass is 10.2. The number of hydrogen-bond donors (Lipinski definition) is 1. The molecule has 0 heterocycles. The molecule has 2 rings (SSSR count). The summed E-state index contributed by atoms with van der Waals surface area (Å²) in [6.45, 7) is 0. The van der Waals surface area contributed by atoms with Gasteiger partial charge >= 0.3 is 6.18 Å². The van der Waals surface area contributed by atoms with Crippen molar-refractivity contribution in [2.75, 3.05) is 5.01 Å². The van der Waals surface area contributed by atoms with Crippen molar-refractivity contribution in [1.82, 2.24) is 0 Å². The number of halogens is 5. The lowest BCUT2D eigenvalue weighted by molar-refractivity contribution is -0.137. The maximum atomic E-state index is 12.7. The number of hydrogen-bond acceptors (Lipinski definition) is 2. The van der Waals surface area contributed by atoms with Gasteiger partial charge < -0.3 is 0 Å². The maximum absolute atomic E-state index is 12.7. The minimum Gasteiger partial charge on any atom is -0.268 e. The average molecular weight is 375 g/mol. The summed E-state index contributed by atoms with van der Waals surface area (Å²) in [6, 6.07) is 10.2. The molecule has 0 aliphatic heterocycles. The van der Waals surface area contributed by atoms with Crippen molar-refractivity contribution in [3.8, 4) is 0 Å². The second-order valence-electron chi connectivity index (χ2n) is 4.74. The zero-order valence-electron chi connectivity index (χ0n) is 12.0. The second kappa shape index (κ2) is 7.25. The largest absolute Gasteiger partial charge is 0.416 e. The van der Waals surface area contributed by atoms with Crippen LogP contribution in [0.15, 0.2) is 48.5 Å². The van der Waals surface area contributed by atoms with Crippen LogP contribution in [0.4, 0.5) is 18.9 Å². The third-order valence-corrected chi connectivity index (χ3v) is 3.62. The molecule has 0 unspecified atom stereocenters. The molecule has 3 nitrogen and oxygen atoms in total. The fraction of sp³-hybridized carbons (Fsp3) is 0.0625. The Morgan fingerprint density at radius 1 is 1.08 bits per heavy atom. The molecule has 0 aliphatic rings. The molecule has 8 heteroatoms. The molecule has 24 heavy (non-hydrogen) atoms. The van der Waals surface area contributed by atoms with Crippen LogP contribution in [-0.4, -0.2) is 5.91 Å². The van der Waals surface area contributed by atoms with E-state index in [4.69, 9.17) is 29.0 Å². The van der Waals surface area contributed by atoms with E-state index in [2.05, 4.69) is 0 Å². The summed E-state index contributed by atoms with van der Waals surface area (Å²) in [7, 11) is 0. The van der Waals surface area contributed by atoms with Gasteiger partial charge in [0.05, 0.1) is 21.3 Å². The summed E-state index contributed by atoms with van der Waals surface area (Å²) in [6.07, 6.45) is -1.93. The molecule has 126 valence electrons. The zero-order chi connectivity index (χ0) is 17.9. The van der Waals surface area contributed by atoms with Gasteiger partial charge in [0.25, 0.3) is 5.91 Å². The van der Waals surface area contributed by atoms with Crippen molar-refractivity contribution in [3.05, 3.63) is 69.7 Å². The van der Waals surface area contributed by atoms with Crippen molar-refractivity contribution in [1.29, 1.82) is 0 Å². The quantitative estimate of drug-likeness (QED) is 0.358.